The van der Waals surface area contributed by atoms with Crippen LogP contribution in [0.1, 0.15) is 5.56 Å². The summed E-state index contributed by atoms with van der Waals surface area (Å²) in [6.45, 7) is 2.02. The fourth-order valence-electron chi connectivity index (χ4n) is 2.16. The van der Waals surface area contributed by atoms with E-state index in [0.29, 0.717) is 5.95 Å². The van der Waals surface area contributed by atoms with Gasteiger partial charge in [0.25, 0.3) is 0 Å². The van der Waals surface area contributed by atoms with E-state index in [4.69, 9.17) is 0 Å². The Morgan fingerprint density at radius 3 is 2.84 bits per heavy atom. The number of rotatable bonds is 2. The van der Waals surface area contributed by atoms with Crippen molar-refractivity contribution in [1.29, 1.82) is 0 Å². The smallest absolute Gasteiger partial charge is 0.222 e. The Morgan fingerprint density at radius 2 is 2.00 bits per heavy atom. The Labute approximate surface area is 111 Å². The van der Waals surface area contributed by atoms with Crippen molar-refractivity contribution in [2.45, 2.75) is 6.92 Å². The molecule has 19 heavy (non-hydrogen) atoms. The fourth-order valence-corrected chi connectivity index (χ4v) is 2.16. The number of benzene rings is 1. The van der Waals surface area contributed by atoms with Crippen molar-refractivity contribution in [3.05, 3.63) is 48.4 Å². The van der Waals surface area contributed by atoms with E-state index < -0.39 is 0 Å². The molecule has 0 saturated carbocycles. The SMILES string of the molecule is CNc1ncc(C)c(-c2cccc3ccncc23)n1. The number of pyridine rings is 1. The van der Waals surface area contributed by atoms with E-state index in [1.165, 1.54) is 0 Å². The summed E-state index contributed by atoms with van der Waals surface area (Å²) in [4.78, 5) is 13.0. The molecule has 0 aliphatic heterocycles. The van der Waals surface area contributed by atoms with Crippen LogP contribution in [0, 0.1) is 6.92 Å². The minimum atomic E-state index is 0.626. The Balaban J connectivity index is 2.30. The molecule has 0 fully saturated rings. The summed E-state index contributed by atoms with van der Waals surface area (Å²) in [6.07, 6.45) is 5.52. The summed E-state index contributed by atoms with van der Waals surface area (Å²) < 4.78 is 0. The molecule has 4 heteroatoms. The highest BCUT2D eigenvalue weighted by Gasteiger charge is 2.09. The highest BCUT2D eigenvalue weighted by molar-refractivity contribution is 5.95. The van der Waals surface area contributed by atoms with Crippen LogP contribution < -0.4 is 5.32 Å². The van der Waals surface area contributed by atoms with Crippen LogP contribution in [0.15, 0.2) is 42.9 Å². The molecule has 0 atom stereocenters. The molecule has 0 spiro atoms. The van der Waals surface area contributed by atoms with Crippen LogP contribution in [-0.4, -0.2) is 22.0 Å². The van der Waals surface area contributed by atoms with Gasteiger partial charge in [0.1, 0.15) is 0 Å². The van der Waals surface area contributed by atoms with Gasteiger partial charge in [-0.15, -0.1) is 0 Å². The number of nitrogens with one attached hydrogen (secondary N) is 1. The van der Waals surface area contributed by atoms with Crippen LogP contribution in [0.5, 0.6) is 0 Å². The Hall–Kier alpha value is -2.49. The van der Waals surface area contributed by atoms with E-state index in [0.717, 1.165) is 27.6 Å². The predicted octanol–water partition coefficient (Wildman–Crippen LogP) is 3.04. The molecule has 1 N–H and O–H groups in total. The monoisotopic (exact) mass is 250 g/mol. The lowest BCUT2D eigenvalue weighted by atomic mass is 10.0. The van der Waals surface area contributed by atoms with Gasteiger partial charge in [0.05, 0.1) is 5.69 Å². The number of nitrogens with zero attached hydrogens (tertiary/aromatic N) is 3. The number of fused-ring (bicyclic) bond motifs is 1. The predicted molar refractivity (Wildman–Crippen MR) is 77.1 cm³/mol. The van der Waals surface area contributed by atoms with Crippen molar-refractivity contribution in [3.8, 4) is 11.3 Å². The van der Waals surface area contributed by atoms with Crippen molar-refractivity contribution < 1.29 is 0 Å². The quantitative estimate of drug-likeness (QED) is 0.759. The van der Waals surface area contributed by atoms with Gasteiger partial charge < -0.3 is 5.32 Å². The molecule has 0 aliphatic rings. The Bertz CT molecular complexity index is 732. The molecule has 0 bridgehead atoms. The lowest BCUT2D eigenvalue weighted by molar-refractivity contribution is 1.12. The molecule has 94 valence electrons. The first kappa shape index (κ1) is 11.6. The van der Waals surface area contributed by atoms with Crippen molar-refractivity contribution >= 4 is 16.7 Å². The van der Waals surface area contributed by atoms with Gasteiger partial charge in [-0.2, -0.15) is 0 Å². The van der Waals surface area contributed by atoms with Gasteiger partial charge in [-0.05, 0) is 23.9 Å². The molecule has 3 aromatic rings. The van der Waals surface area contributed by atoms with Crippen LogP contribution in [0.2, 0.25) is 0 Å². The number of hydrogen-bond donors (Lipinski definition) is 1. The zero-order valence-corrected chi connectivity index (χ0v) is 10.9. The second-order valence-corrected chi connectivity index (χ2v) is 4.38. The van der Waals surface area contributed by atoms with Crippen molar-refractivity contribution in [1.82, 2.24) is 15.0 Å². The molecule has 3 rings (SSSR count). The van der Waals surface area contributed by atoms with Crippen LogP contribution in [0.4, 0.5) is 5.95 Å². The number of hydrogen-bond acceptors (Lipinski definition) is 4. The molecule has 2 aromatic heterocycles. The summed E-state index contributed by atoms with van der Waals surface area (Å²) in [7, 11) is 1.82. The average Bonchev–Trinajstić information content (AvgIpc) is 2.47. The van der Waals surface area contributed by atoms with E-state index in [-0.39, 0.29) is 0 Å². The molecule has 2 heterocycles. The van der Waals surface area contributed by atoms with Gasteiger partial charge in [0.15, 0.2) is 0 Å². The lowest BCUT2D eigenvalue weighted by Crippen LogP contribution is -1.99. The summed E-state index contributed by atoms with van der Waals surface area (Å²) in [5.41, 5.74) is 3.08. The Kier molecular flexibility index (Phi) is 2.83. The second kappa shape index (κ2) is 4.65. The normalized spacial score (nSPS) is 10.6. The van der Waals surface area contributed by atoms with E-state index in [2.05, 4.69) is 32.4 Å². The molecule has 1 aromatic carbocycles. The van der Waals surface area contributed by atoms with Crippen molar-refractivity contribution in [2.75, 3.05) is 12.4 Å². The summed E-state index contributed by atoms with van der Waals surface area (Å²) in [5.74, 6) is 0.626. The van der Waals surface area contributed by atoms with Gasteiger partial charge in [0, 0.05) is 36.6 Å². The summed E-state index contributed by atoms with van der Waals surface area (Å²) in [5, 5.41) is 5.24. The van der Waals surface area contributed by atoms with Gasteiger partial charge in [0.2, 0.25) is 5.95 Å². The van der Waals surface area contributed by atoms with Gasteiger partial charge in [-0.1, -0.05) is 18.2 Å². The first-order valence-electron chi connectivity index (χ1n) is 6.14. The van der Waals surface area contributed by atoms with Crippen LogP contribution in [0.25, 0.3) is 22.0 Å². The van der Waals surface area contributed by atoms with Crippen molar-refractivity contribution in [3.63, 3.8) is 0 Å². The third-order valence-electron chi connectivity index (χ3n) is 3.13. The molecular weight excluding hydrogens is 236 g/mol. The Morgan fingerprint density at radius 1 is 1.11 bits per heavy atom. The van der Waals surface area contributed by atoms with E-state index >= 15 is 0 Å². The van der Waals surface area contributed by atoms with Gasteiger partial charge in [-0.25, -0.2) is 9.97 Å². The maximum atomic E-state index is 4.56. The standard InChI is InChI=1S/C15H14N4/c1-10-8-18-15(16-2)19-14(10)12-5-3-4-11-6-7-17-9-13(11)12/h3-9H,1-2H3,(H,16,18,19). The van der Waals surface area contributed by atoms with E-state index in [1.807, 2.05) is 38.5 Å². The van der Waals surface area contributed by atoms with E-state index in [9.17, 15) is 0 Å². The highest BCUT2D eigenvalue weighted by Crippen LogP contribution is 2.28. The minimum Gasteiger partial charge on any atom is -0.357 e. The van der Waals surface area contributed by atoms with Crippen LogP contribution >= 0.6 is 0 Å². The summed E-state index contributed by atoms with van der Waals surface area (Å²) in [6, 6.07) is 8.20. The van der Waals surface area contributed by atoms with E-state index in [1.54, 1.807) is 6.20 Å². The molecule has 0 saturated heterocycles. The van der Waals surface area contributed by atoms with Crippen LogP contribution in [-0.2, 0) is 0 Å². The van der Waals surface area contributed by atoms with Crippen molar-refractivity contribution in [2.24, 2.45) is 0 Å². The zero-order chi connectivity index (χ0) is 13.2. The molecule has 0 radical (unpaired) electrons. The molecule has 0 amide bonds. The third-order valence-corrected chi connectivity index (χ3v) is 3.13. The third kappa shape index (κ3) is 2.01. The second-order valence-electron chi connectivity index (χ2n) is 4.38. The molecular formula is C15H14N4. The molecule has 4 nitrogen and oxygen atoms in total. The average molecular weight is 250 g/mol. The largest absolute Gasteiger partial charge is 0.357 e. The maximum absolute atomic E-state index is 4.56. The molecule has 0 aliphatic carbocycles. The first-order chi connectivity index (χ1) is 9.29. The topological polar surface area (TPSA) is 50.7 Å². The minimum absolute atomic E-state index is 0.626. The first-order valence-corrected chi connectivity index (χ1v) is 6.14. The lowest BCUT2D eigenvalue weighted by Gasteiger charge is -2.09. The number of aryl methyl sites for hydroxylation is 1. The fraction of sp³-hybridized carbons (Fsp3) is 0.133. The van der Waals surface area contributed by atoms with Crippen LogP contribution in [0.3, 0.4) is 0 Å². The molecule has 0 unspecified atom stereocenters. The number of anilines is 1. The number of aromatic nitrogens is 3. The van der Waals surface area contributed by atoms with Gasteiger partial charge >= 0.3 is 0 Å². The zero-order valence-electron chi connectivity index (χ0n) is 10.9. The highest BCUT2D eigenvalue weighted by atomic mass is 15.1. The summed E-state index contributed by atoms with van der Waals surface area (Å²) >= 11 is 0. The maximum Gasteiger partial charge on any atom is 0.222 e. The van der Waals surface area contributed by atoms with Gasteiger partial charge in [-0.3, -0.25) is 4.98 Å².